The Morgan fingerprint density at radius 3 is 2.27 bits per heavy atom. The second-order valence-corrected chi connectivity index (χ2v) is 4.76. The van der Waals surface area contributed by atoms with Crippen LogP contribution in [0.3, 0.4) is 0 Å². The minimum absolute atomic E-state index is 0.300. The zero-order valence-electron chi connectivity index (χ0n) is 11.6. The van der Waals surface area contributed by atoms with Gasteiger partial charge >= 0.3 is 12.3 Å². The number of carboxylic acids is 1. The fourth-order valence-corrected chi connectivity index (χ4v) is 1.98. The first-order valence-electron chi connectivity index (χ1n) is 6.45. The van der Waals surface area contributed by atoms with Crippen molar-refractivity contribution in [2.24, 2.45) is 0 Å². The third-order valence-electron chi connectivity index (χ3n) is 3.18. The molecule has 6 heteroatoms. The van der Waals surface area contributed by atoms with Crippen molar-refractivity contribution in [1.29, 1.82) is 0 Å². The maximum Gasteiger partial charge on any atom is 0.573 e. The summed E-state index contributed by atoms with van der Waals surface area (Å²) in [6.45, 7) is 1.57. The molecule has 0 amide bonds. The number of hydrogen-bond acceptors (Lipinski definition) is 2. The largest absolute Gasteiger partial charge is 0.573 e. The molecule has 0 aliphatic rings. The van der Waals surface area contributed by atoms with Crippen LogP contribution in [0.5, 0.6) is 5.75 Å². The molecule has 0 spiro atoms. The van der Waals surface area contributed by atoms with E-state index in [1.807, 2.05) is 0 Å². The van der Waals surface area contributed by atoms with Gasteiger partial charge in [-0.15, -0.1) is 13.2 Å². The standard InChI is InChI=1S/C16H13F3O3/c1-10(15(20)21)12-3-2-4-13(9-12)11-5-7-14(8-6-11)22-16(17,18)19/h2-10H,1H3,(H,20,21). The molecule has 2 aromatic rings. The van der Waals surface area contributed by atoms with Crippen molar-refractivity contribution in [2.75, 3.05) is 0 Å². The molecule has 0 aliphatic heterocycles. The van der Waals surface area contributed by atoms with E-state index in [0.717, 1.165) is 5.56 Å². The highest BCUT2D eigenvalue weighted by Gasteiger charge is 2.30. The minimum Gasteiger partial charge on any atom is -0.481 e. The summed E-state index contributed by atoms with van der Waals surface area (Å²) in [5.74, 6) is -1.90. The van der Waals surface area contributed by atoms with E-state index in [9.17, 15) is 18.0 Å². The van der Waals surface area contributed by atoms with Gasteiger partial charge in [0.15, 0.2) is 0 Å². The molecule has 0 radical (unpaired) electrons. The van der Waals surface area contributed by atoms with Crippen molar-refractivity contribution < 1.29 is 27.8 Å². The van der Waals surface area contributed by atoms with Crippen LogP contribution in [-0.2, 0) is 4.79 Å². The van der Waals surface area contributed by atoms with Crippen LogP contribution in [-0.4, -0.2) is 17.4 Å². The quantitative estimate of drug-likeness (QED) is 0.908. The van der Waals surface area contributed by atoms with Gasteiger partial charge in [-0.3, -0.25) is 4.79 Å². The fraction of sp³-hybridized carbons (Fsp3) is 0.188. The molecular formula is C16H13F3O3. The van der Waals surface area contributed by atoms with E-state index >= 15 is 0 Å². The Hall–Kier alpha value is -2.50. The molecule has 2 aromatic carbocycles. The van der Waals surface area contributed by atoms with Crippen molar-refractivity contribution in [3.8, 4) is 16.9 Å². The molecule has 0 aliphatic carbocycles. The van der Waals surface area contributed by atoms with Crippen molar-refractivity contribution >= 4 is 5.97 Å². The average molecular weight is 310 g/mol. The predicted molar refractivity (Wildman–Crippen MR) is 74.6 cm³/mol. The molecule has 0 saturated heterocycles. The smallest absolute Gasteiger partial charge is 0.481 e. The molecular weight excluding hydrogens is 297 g/mol. The molecule has 2 rings (SSSR count). The number of hydrogen-bond donors (Lipinski definition) is 1. The third kappa shape index (κ3) is 4.00. The summed E-state index contributed by atoms with van der Waals surface area (Å²) in [6, 6.07) is 12.3. The maximum atomic E-state index is 12.1. The van der Waals surface area contributed by atoms with Gasteiger partial charge in [-0.25, -0.2) is 0 Å². The van der Waals surface area contributed by atoms with E-state index in [-0.39, 0.29) is 5.75 Å². The number of benzene rings is 2. The molecule has 1 atom stereocenters. The van der Waals surface area contributed by atoms with Gasteiger partial charge in [-0.05, 0) is 35.7 Å². The SMILES string of the molecule is CC(C(=O)O)c1cccc(-c2ccc(OC(F)(F)F)cc2)c1. The van der Waals surface area contributed by atoms with Crippen molar-refractivity contribution in [2.45, 2.75) is 19.2 Å². The summed E-state index contributed by atoms with van der Waals surface area (Å²) < 4.78 is 40.1. The maximum absolute atomic E-state index is 12.1. The van der Waals surface area contributed by atoms with Crippen molar-refractivity contribution in [1.82, 2.24) is 0 Å². The monoisotopic (exact) mass is 310 g/mol. The van der Waals surface area contributed by atoms with Gasteiger partial charge in [0.1, 0.15) is 5.75 Å². The van der Waals surface area contributed by atoms with Crippen LogP contribution >= 0.6 is 0 Å². The summed E-state index contributed by atoms with van der Waals surface area (Å²) in [6.07, 6.45) is -4.72. The Kier molecular flexibility index (Phi) is 4.40. The Bertz CT molecular complexity index is 663. The molecule has 0 heterocycles. The fourth-order valence-electron chi connectivity index (χ4n) is 1.98. The van der Waals surface area contributed by atoms with Gasteiger partial charge in [-0.2, -0.15) is 0 Å². The minimum atomic E-state index is -4.72. The van der Waals surface area contributed by atoms with Crippen LogP contribution in [0.25, 0.3) is 11.1 Å². The van der Waals surface area contributed by atoms with E-state index < -0.39 is 18.2 Å². The zero-order chi connectivity index (χ0) is 16.3. The Labute approximate surface area is 125 Å². The summed E-state index contributed by atoms with van der Waals surface area (Å²) >= 11 is 0. The highest BCUT2D eigenvalue weighted by Crippen LogP contribution is 2.28. The number of aliphatic carboxylic acids is 1. The molecule has 1 unspecified atom stereocenters. The first kappa shape index (κ1) is 15.9. The molecule has 22 heavy (non-hydrogen) atoms. The molecule has 1 N–H and O–H groups in total. The highest BCUT2D eigenvalue weighted by atomic mass is 19.4. The Balaban J connectivity index is 2.25. The van der Waals surface area contributed by atoms with Crippen molar-refractivity contribution in [3.05, 3.63) is 54.1 Å². The van der Waals surface area contributed by atoms with E-state index in [1.165, 1.54) is 24.3 Å². The van der Waals surface area contributed by atoms with Crippen LogP contribution in [0, 0.1) is 0 Å². The lowest BCUT2D eigenvalue weighted by Crippen LogP contribution is -2.16. The van der Waals surface area contributed by atoms with Gasteiger partial charge in [-0.1, -0.05) is 36.4 Å². The van der Waals surface area contributed by atoms with Crippen LogP contribution in [0.15, 0.2) is 48.5 Å². The average Bonchev–Trinajstić information content (AvgIpc) is 2.45. The normalized spacial score (nSPS) is 12.7. The first-order chi connectivity index (χ1) is 10.3. The van der Waals surface area contributed by atoms with Crippen molar-refractivity contribution in [3.63, 3.8) is 0 Å². The number of carbonyl (C=O) groups is 1. The first-order valence-corrected chi connectivity index (χ1v) is 6.45. The summed E-state index contributed by atoms with van der Waals surface area (Å²) in [5, 5.41) is 9.02. The number of halogens is 3. The molecule has 0 saturated carbocycles. The summed E-state index contributed by atoms with van der Waals surface area (Å²) in [4.78, 5) is 11.0. The van der Waals surface area contributed by atoms with E-state index in [4.69, 9.17) is 5.11 Å². The third-order valence-corrected chi connectivity index (χ3v) is 3.18. The van der Waals surface area contributed by atoms with Gasteiger partial charge in [0.2, 0.25) is 0 Å². The van der Waals surface area contributed by atoms with Crippen LogP contribution in [0.4, 0.5) is 13.2 Å². The van der Waals surface area contributed by atoms with E-state index in [1.54, 1.807) is 31.2 Å². The molecule has 3 nitrogen and oxygen atoms in total. The lowest BCUT2D eigenvalue weighted by Gasteiger charge is -2.11. The predicted octanol–water partition coefficient (Wildman–Crippen LogP) is 4.44. The van der Waals surface area contributed by atoms with Crippen LogP contribution < -0.4 is 4.74 Å². The van der Waals surface area contributed by atoms with Crippen LogP contribution in [0.1, 0.15) is 18.4 Å². The second-order valence-electron chi connectivity index (χ2n) is 4.76. The molecule has 0 bridgehead atoms. The van der Waals surface area contributed by atoms with Gasteiger partial charge in [0.05, 0.1) is 5.92 Å². The number of rotatable bonds is 4. The highest BCUT2D eigenvalue weighted by molar-refractivity contribution is 5.76. The summed E-state index contributed by atoms with van der Waals surface area (Å²) in [7, 11) is 0. The molecule has 116 valence electrons. The lowest BCUT2D eigenvalue weighted by molar-refractivity contribution is -0.274. The zero-order valence-corrected chi connectivity index (χ0v) is 11.6. The van der Waals surface area contributed by atoms with E-state index in [0.29, 0.717) is 11.1 Å². The number of alkyl halides is 3. The Morgan fingerprint density at radius 1 is 1.09 bits per heavy atom. The second kappa shape index (κ2) is 6.09. The van der Waals surface area contributed by atoms with Gasteiger partial charge in [0.25, 0.3) is 0 Å². The number of ether oxygens (including phenoxy) is 1. The summed E-state index contributed by atoms with van der Waals surface area (Å²) in [5.41, 5.74) is 2.03. The topological polar surface area (TPSA) is 46.5 Å². The van der Waals surface area contributed by atoms with Gasteiger partial charge in [0, 0.05) is 0 Å². The Morgan fingerprint density at radius 2 is 1.73 bits per heavy atom. The van der Waals surface area contributed by atoms with Crippen LogP contribution in [0.2, 0.25) is 0 Å². The molecule has 0 fully saturated rings. The lowest BCUT2D eigenvalue weighted by atomic mass is 9.96. The number of carboxylic acid groups (broad SMARTS) is 1. The molecule has 0 aromatic heterocycles. The van der Waals surface area contributed by atoms with Gasteiger partial charge < -0.3 is 9.84 Å². The van der Waals surface area contributed by atoms with E-state index in [2.05, 4.69) is 4.74 Å².